The molecule has 33 heavy (non-hydrogen) atoms. The van der Waals surface area contributed by atoms with Crippen LogP contribution in [-0.4, -0.2) is 58.0 Å². The van der Waals surface area contributed by atoms with Crippen molar-refractivity contribution in [2.75, 3.05) is 36.0 Å². The topological polar surface area (TPSA) is 80.0 Å². The van der Waals surface area contributed by atoms with Gasteiger partial charge in [0.15, 0.2) is 0 Å². The molecule has 0 fully saturated rings. The van der Waals surface area contributed by atoms with E-state index in [0.717, 1.165) is 60.1 Å². The minimum absolute atomic E-state index is 0.688. The molecule has 2 aromatic carbocycles. The van der Waals surface area contributed by atoms with Gasteiger partial charge in [0.1, 0.15) is 0 Å². The summed E-state index contributed by atoms with van der Waals surface area (Å²) in [6.45, 7) is 3.10. The molecule has 7 rings (SSSR count). The monoisotopic (exact) mass is 436 g/mol. The SMILES string of the molecule is C1=NCCN1c1nc2ccccc2n1-c1ccc(-n2c(N3C=NCC3)nc3ccccc32)o1. The van der Waals surface area contributed by atoms with Gasteiger partial charge in [-0.3, -0.25) is 9.98 Å². The summed E-state index contributed by atoms with van der Waals surface area (Å²) < 4.78 is 10.6. The molecular formula is C24H20N8O. The summed E-state index contributed by atoms with van der Waals surface area (Å²) in [4.78, 5) is 22.6. The minimum atomic E-state index is 0.688. The Morgan fingerprint density at radius 2 is 1.09 bits per heavy atom. The van der Waals surface area contributed by atoms with Gasteiger partial charge in [0.2, 0.25) is 23.7 Å². The molecule has 0 amide bonds. The van der Waals surface area contributed by atoms with Crippen LogP contribution in [0.2, 0.25) is 0 Å². The quantitative estimate of drug-likeness (QED) is 0.430. The number of hydrogen-bond acceptors (Lipinski definition) is 7. The summed E-state index contributed by atoms with van der Waals surface area (Å²) in [7, 11) is 0. The summed E-state index contributed by atoms with van der Waals surface area (Å²) in [6, 6.07) is 20.1. The molecule has 5 aromatic rings. The fourth-order valence-electron chi connectivity index (χ4n) is 4.47. The Kier molecular flexibility index (Phi) is 3.89. The molecule has 0 bridgehead atoms. The maximum Gasteiger partial charge on any atom is 0.219 e. The molecule has 3 aromatic heterocycles. The Labute approximate surface area is 188 Å². The van der Waals surface area contributed by atoms with Crippen LogP contribution in [0.15, 0.2) is 75.1 Å². The number of para-hydroxylation sites is 4. The van der Waals surface area contributed by atoms with Crippen LogP contribution in [0.25, 0.3) is 33.8 Å². The molecule has 9 nitrogen and oxygen atoms in total. The fraction of sp³-hybridized carbons (Fsp3) is 0.167. The lowest BCUT2D eigenvalue weighted by Crippen LogP contribution is -2.22. The third-order valence-corrected chi connectivity index (χ3v) is 6.00. The molecule has 0 N–H and O–H groups in total. The smallest absolute Gasteiger partial charge is 0.219 e. The van der Waals surface area contributed by atoms with Gasteiger partial charge in [-0.05, 0) is 24.3 Å². The van der Waals surface area contributed by atoms with Crippen molar-refractivity contribution in [3.63, 3.8) is 0 Å². The fourth-order valence-corrected chi connectivity index (χ4v) is 4.47. The molecule has 0 unspecified atom stereocenters. The molecule has 2 aliphatic rings. The molecule has 5 heterocycles. The average Bonchev–Trinajstić information content (AvgIpc) is 3.66. The third kappa shape index (κ3) is 2.78. The number of furan rings is 1. The van der Waals surface area contributed by atoms with E-state index in [0.29, 0.717) is 11.8 Å². The van der Waals surface area contributed by atoms with Crippen molar-refractivity contribution in [1.29, 1.82) is 0 Å². The van der Waals surface area contributed by atoms with E-state index >= 15 is 0 Å². The highest BCUT2D eigenvalue weighted by atomic mass is 16.4. The zero-order chi connectivity index (χ0) is 21.8. The van der Waals surface area contributed by atoms with Gasteiger partial charge in [0.25, 0.3) is 0 Å². The van der Waals surface area contributed by atoms with Crippen molar-refractivity contribution in [3.05, 3.63) is 60.7 Å². The first-order chi connectivity index (χ1) is 16.4. The van der Waals surface area contributed by atoms with Crippen LogP contribution in [-0.2, 0) is 0 Å². The molecule has 0 spiro atoms. The van der Waals surface area contributed by atoms with Crippen LogP contribution in [0.4, 0.5) is 11.9 Å². The van der Waals surface area contributed by atoms with E-state index in [2.05, 4.69) is 31.9 Å². The molecule has 0 radical (unpaired) electrons. The standard InChI is InChI=1S/C24H20N8O/c1-3-7-19-17(5-1)27-23(29-13-11-25-15-29)31(19)21-9-10-22(33-21)32-20-8-4-2-6-18(20)28-24(32)30-14-12-26-16-30/h1-10,15-16H,11-14H2. The highest BCUT2D eigenvalue weighted by Crippen LogP contribution is 2.32. The van der Waals surface area contributed by atoms with Crippen LogP contribution in [0.1, 0.15) is 0 Å². The van der Waals surface area contributed by atoms with Crippen molar-refractivity contribution in [1.82, 2.24) is 19.1 Å². The zero-order valence-electron chi connectivity index (χ0n) is 17.7. The molecule has 9 heteroatoms. The summed E-state index contributed by atoms with van der Waals surface area (Å²) in [5.74, 6) is 2.96. The Morgan fingerprint density at radius 1 is 0.606 bits per heavy atom. The molecule has 162 valence electrons. The molecule has 0 saturated heterocycles. The lowest BCUT2D eigenvalue weighted by atomic mass is 10.3. The maximum atomic E-state index is 6.49. The van der Waals surface area contributed by atoms with Gasteiger partial charge in [-0.15, -0.1) is 0 Å². The first kappa shape index (κ1) is 18.2. The molecule has 0 saturated carbocycles. The maximum absolute atomic E-state index is 6.49. The van der Waals surface area contributed by atoms with Crippen LogP contribution in [0.3, 0.4) is 0 Å². The highest BCUT2D eigenvalue weighted by molar-refractivity contribution is 5.88. The first-order valence-corrected chi connectivity index (χ1v) is 11.0. The number of aromatic nitrogens is 4. The lowest BCUT2D eigenvalue weighted by molar-refractivity contribution is 0.522. The lowest BCUT2D eigenvalue weighted by Gasteiger charge is -2.15. The molecular weight excluding hydrogens is 416 g/mol. The van der Waals surface area contributed by atoms with Gasteiger partial charge in [-0.1, -0.05) is 24.3 Å². The normalized spacial score (nSPS) is 15.6. The van der Waals surface area contributed by atoms with Crippen molar-refractivity contribution in [2.24, 2.45) is 9.98 Å². The number of imidazole rings is 2. The van der Waals surface area contributed by atoms with Crippen molar-refractivity contribution in [2.45, 2.75) is 0 Å². The van der Waals surface area contributed by atoms with Gasteiger partial charge in [0, 0.05) is 25.2 Å². The van der Waals surface area contributed by atoms with E-state index < -0.39 is 0 Å². The van der Waals surface area contributed by atoms with E-state index in [1.807, 2.05) is 70.3 Å². The Hall–Kier alpha value is -4.40. The van der Waals surface area contributed by atoms with Gasteiger partial charge in [0.05, 0.1) is 47.8 Å². The second-order valence-corrected chi connectivity index (χ2v) is 8.01. The van der Waals surface area contributed by atoms with Crippen molar-refractivity contribution < 1.29 is 4.42 Å². The van der Waals surface area contributed by atoms with E-state index in [9.17, 15) is 0 Å². The Balaban J connectivity index is 1.42. The largest absolute Gasteiger partial charge is 0.423 e. The van der Waals surface area contributed by atoms with Gasteiger partial charge < -0.3 is 14.2 Å². The summed E-state index contributed by atoms with van der Waals surface area (Å²) in [5.41, 5.74) is 3.78. The van der Waals surface area contributed by atoms with E-state index in [1.54, 1.807) is 0 Å². The number of anilines is 2. The van der Waals surface area contributed by atoms with Crippen molar-refractivity contribution >= 4 is 46.6 Å². The number of rotatable bonds is 4. The van der Waals surface area contributed by atoms with Crippen molar-refractivity contribution in [3.8, 4) is 11.8 Å². The zero-order valence-corrected chi connectivity index (χ0v) is 17.7. The predicted octanol–water partition coefficient (Wildman–Crippen LogP) is 3.65. The van der Waals surface area contributed by atoms with Crippen LogP contribution in [0, 0.1) is 0 Å². The third-order valence-electron chi connectivity index (χ3n) is 6.00. The Morgan fingerprint density at radius 3 is 1.55 bits per heavy atom. The number of nitrogens with zero attached hydrogens (tertiary/aromatic N) is 8. The summed E-state index contributed by atoms with van der Waals surface area (Å²) in [6.07, 6.45) is 3.69. The van der Waals surface area contributed by atoms with Gasteiger partial charge in [-0.2, -0.15) is 0 Å². The number of aliphatic imine (C=N–C) groups is 2. The summed E-state index contributed by atoms with van der Waals surface area (Å²) >= 11 is 0. The predicted molar refractivity (Wildman–Crippen MR) is 129 cm³/mol. The number of benzene rings is 2. The average molecular weight is 436 g/mol. The van der Waals surface area contributed by atoms with Gasteiger partial charge in [-0.25, -0.2) is 19.1 Å². The van der Waals surface area contributed by atoms with Crippen LogP contribution < -0.4 is 9.80 Å². The second-order valence-electron chi connectivity index (χ2n) is 8.01. The van der Waals surface area contributed by atoms with E-state index in [-0.39, 0.29) is 0 Å². The number of fused-ring (bicyclic) bond motifs is 2. The molecule has 0 atom stereocenters. The van der Waals surface area contributed by atoms with E-state index in [4.69, 9.17) is 14.4 Å². The Bertz CT molecular complexity index is 1440. The van der Waals surface area contributed by atoms with Gasteiger partial charge >= 0.3 is 0 Å². The molecule has 0 aliphatic carbocycles. The first-order valence-electron chi connectivity index (χ1n) is 11.0. The summed E-state index contributed by atoms with van der Waals surface area (Å²) in [5, 5.41) is 0. The second kappa shape index (κ2) is 7.06. The highest BCUT2D eigenvalue weighted by Gasteiger charge is 2.24. The number of hydrogen-bond donors (Lipinski definition) is 0. The molecule has 2 aliphatic heterocycles. The van der Waals surface area contributed by atoms with Crippen LogP contribution in [0.5, 0.6) is 0 Å². The van der Waals surface area contributed by atoms with Crippen LogP contribution >= 0.6 is 0 Å². The minimum Gasteiger partial charge on any atom is -0.423 e. The van der Waals surface area contributed by atoms with E-state index in [1.165, 1.54) is 0 Å².